The number of aromatic amines is 1. The van der Waals surface area contributed by atoms with E-state index in [0.717, 1.165) is 16.5 Å². The van der Waals surface area contributed by atoms with E-state index >= 15 is 0 Å². The Labute approximate surface area is 228 Å². The first-order valence-corrected chi connectivity index (χ1v) is 13.3. The molecular formula is C27H42N6O6. The number of para-hydroxylation sites is 1. The maximum Gasteiger partial charge on any atom is 0.326 e. The number of nitrogens with two attached hydrogens (primary N) is 2. The highest BCUT2D eigenvalue weighted by Crippen LogP contribution is 2.19. The number of benzene rings is 1. The van der Waals surface area contributed by atoms with E-state index in [1.54, 1.807) is 13.1 Å². The largest absolute Gasteiger partial charge is 0.480 e. The van der Waals surface area contributed by atoms with Gasteiger partial charge in [0.05, 0.1) is 6.10 Å². The molecule has 12 heteroatoms. The number of carbonyl (C=O) groups is 4. The summed E-state index contributed by atoms with van der Waals surface area (Å²) in [5.41, 5.74) is 13.0. The molecule has 6 atom stereocenters. The van der Waals surface area contributed by atoms with Gasteiger partial charge < -0.3 is 42.6 Å². The molecule has 0 saturated carbocycles. The number of nitrogens with one attached hydrogen (secondary N) is 4. The van der Waals surface area contributed by atoms with E-state index in [1.807, 2.05) is 31.2 Å². The minimum atomic E-state index is -1.27. The average molecular weight is 547 g/mol. The predicted octanol–water partition coefficient (Wildman–Crippen LogP) is 0.133. The number of rotatable bonds is 16. The molecule has 0 aliphatic carbocycles. The first kappa shape index (κ1) is 31.7. The number of amides is 3. The highest BCUT2D eigenvalue weighted by atomic mass is 16.4. The Morgan fingerprint density at radius 3 is 2.23 bits per heavy atom. The topological polar surface area (TPSA) is 213 Å². The van der Waals surface area contributed by atoms with Crippen molar-refractivity contribution in [3.8, 4) is 0 Å². The van der Waals surface area contributed by atoms with Crippen molar-refractivity contribution >= 4 is 34.6 Å². The molecule has 1 heterocycles. The molecular weight excluding hydrogens is 504 g/mol. The van der Waals surface area contributed by atoms with Gasteiger partial charge in [-0.3, -0.25) is 14.4 Å². The fourth-order valence-corrected chi connectivity index (χ4v) is 4.19. The number of fused-ring (bicyclic) bond motifs is 1. The molecule has 2 rings (SSSR count). The quantitative estimate of drug-likeness (QED) is 0.135. The number of aliphatic hydroxyl groups is 1. The molecule has 2 aromatic rings. The zero-order chi connectivity index (χ0) is 29.1. The van der Waals surface area contributed by atoms with Crippen LogP contribution in [0, 0.1) is 5.92 Å². The van der Waals surface area contributed by atoms with Gasteiger partial charge in [0, 0.05) is 23.5 Å². The van der Waals surface area contributed by atoms with Gasteiger partial charge in [-0.2, -0.15) is 0 Å². The van der Waals surface area contributed by atoms with Gasteiger partial charge in [0.1, 0.15) is 24.2 Å². The van der Waals surface area contributed by atoms with E-state index in [1.165, 1.54) is 6.92 Å². The van der Waals surface area contributed by atoms with E-state index < -0.39 is 54.0 Å². The summed E-state index contributed by atoms with van der Waals surface area (Å²) < 4.78 is 0. The number of aromatic nitrogens is 1. The third-order valence-electron chi connectivity index (χ3n) is 6.91. The van der Waals surface area contributed by atoms with E-state index in [4.69, 9.17) is 11.5 Å². The van der Waals surface area contributed by atoms with Crippen LogP contribution in [0.5, 0.6) is 0 Å². The van der Waals surface area contributed by atoms with Crippen molar-refractivity contribution in [1.82, 2.24) is 20.9 Å². The van der Waals surface area contributed by atoms with Crippen molar-refractivity contribution in [3.05, 3.63) is 36.0 Å². The number of carboxylic acid groups (broad SMARTS) is 1. The Balaban J connectivity index is 2.31. The average Bonchev–Trinajstić information content (AvgIpc) is 3.32. The van der Waals surface area contributed by atoms with Gasteiger partial charge in [-0.25, -0.2) is 4.79 Å². The van der Waals surface area contributed by atoms with Crippen LogP contribution in [0.1, 0.15) is 52.0 Å². The van der Waals surface area contributed by atoms with Gasteiger partial charge in [-0.05, 0) is 50.3 Å². The molecule has 0 radical (unpaired) electrons. The molecule has 0 spiro atoms. The second-order valence-corrected chi connectivity index (χ2v) is 9.95. The van der Waals surface area contributed by atoms with Gasteiger partial charge in [0.15, 0.2) is 0 Å². The first-order chi connectivity index (χ1) is 18.5. The lowest BCUT2D eigenvalue weighted by atomic mass is 9.98. The molecule has 0 bridgehead atoms. The second kappa shape index (κ2) is 15.2. The molecule has 10 N–H and O–H groups in total. The number of hydrogen-bond acceptors (Lipinski definition) is 7. The van der Waals surface area contributed by atoms with Crippen LogP contribution in [-0.4, -0.2) is 75.7 Å². The molecule has 6 unspecified atom stereocenters. The van der Waals surface area contributed by atoms with Crippen LogP contribution in [0.2, 0.25) is 0 Å². The van der Waals surface area contributed by atoms with Crippen molar-refractivity contribution in [2.24, 2.45) is 17.4 Å². The van der Waals surface area contributed by atoms with Crippen molar-refractivity contribution < 1.29 is 29.4 Å². The minimum Gasteiger partial charge on any atom is -0.480 e. The molecule has 0 aliphatic heterocycles. The fraction of sp³-hybridized carbons (Fsp3) is 0.556. The van der Waals surface area contributed by atoms with Crippen molar-refractivity contribution in [3.63, 3.8) is 0 Å². The van der Waals surface area contributed by atoms with Gasteiger partial charge in [-0.15, -0.1) is 0 Å². The van der Waals surface area contributed by atoms with Crippen LogP contribution in [0.15, 0.2) is 30.5 Å². The molecule has 216 valence electrons. The Bertz CT molecular complexity index is 1120. The molecule has 12 nitrogen and oxygen atoms in total. The van der Waals surface area contributed by atoms with Gasteiger partial charge in [-0.1, -0.05) is 38.5 Å². The SMILES string of the molecule is CCC(C)C(NC(=O)C(CCCCN)NC(=O)C(Cc1c[nH]c2ccccc12)NC(=O)C(N)C(C)O)C(=O)O. The zero-order valence-corrected chi connectivity index (χ0v) is 22.8. The molecule has 3 amide bonds. The van der Waals surface area contributed by atoms with E-state index in [0.29, 0.717) is 25.8 Å². The molecule has 1 aromatic heterocycles. The van der Waals surface area contributed by atoms with Crippen LogP contribution >= 0.6 is 0 Å². The normalized spacial score (nSPS) is 15.9. The molecule has 1 aromatic carbocycles. The van der Waals surface area contributed by atoms with Gasteiger partial charge in [0.2, 0.25) is 17.7 Å². The number of carboxylic acids is 1. The van der Waals surface area contributed by atoms with Crippen LogP contribution in [-0.2, 0) is 25.6 Å². The summed E-state index contributed by atoms with van der Waals surface area (Å²) in [5, 5.41) is 28.1. The lowest BCUT2D eigenvalue weighted by Crippen LogP contribution is -2.59. The minimum absolute atomic E-state index is 0.0792. The van der Waals surface area contributed by atoms with E-state index in [-0.39, 0.29) is 18.8 Å². The first-order valence-electron chi connectivity index (χ1n) is 13.3. The third-order valence-corrected chi connectivity index (χ3v) is 6.91. The summed E-state index contributed by atoms with van der Waals surface area (Å²) in [7, 11) is 0. The van der Waals surface area contributed by atoms with Crippen molar-refractivity contribution in [1.29, 1.82) is 0 Å². The van der Waals surface area contributed by atoms with Crippen molar-refractivity contribution in [2.75, 3.05) is 6.54 Å². The Kier molecular flexibility index (Phi) is 12.4. The Morgan fingerprint density at radius 2 is 1.62 bits per heavy atom. The summed E-state index contributed by atoms with van der Waals surface area (Å²) in [5.74, 6) is -3.50. The number of carbonyl (C=O) groups excluding carboxylic acids is 3. The zero-order valence-electron chi connectivity index (χ0n) is 22.8. The summed E-state index contributed by atoms with van der Waals surface area (Å²) in [4.78, 5) is 54.3. The molecule has 0 fully saturated rings. The van der Waals surface area contributed by atoms with E-state index in [9.17, 15) is 29.4 Å². The highest BCUT2D eigenvalue weighted by molar-refractivity contribution is 5.95. The number of H-pyrrole nitrogens is 1. The lowest BCUT2D eigenvalue weighted by molar-refractivity contribution is -0.144. The van der Waals surface area contributed by atoms with E-state index in [2.05, 4.69) is 20.9 Å². The van der Waals surface area contributed by atoms with Crippen molar-refractivity contribution in [2.45, 2.75) is 83.1 Å². The maximum absolute atomic E-state index is 13.5. The predicted molar refractivity (Wildman–Crippen MR) is 147 cm³/mol. The summed E-state index contributed by atoms with van der Waals surface area (Å²) in [6.45, 7) is 5.30. The number of aliphatic hydroxyl groups excluding tert-OH is 1. The maximum atomic E-state index is 13.5. The van der Waals surface area contributed by atoms with Gasteiger partial charge >= 0.3 is 5.97 Å². The monoisotopic (exact) mass is 546 g/mol. The Morgan fingerprint density at radius 1 is 0.974 bits per heavy atom. The van der Waals surface area contributed by atoms with Crippen LogP contribution in [0.25, 0.3) is 10.9 Å². The smallest absolute Gasteiger partial charge is 0.326 e. The Hall–Kier alpha value is -3.48. The molecule has 0 saturated heterocycles. The lowest BCUT2D eigenvalue weighted by Gasteiger charge is -2.27. The standard InChI is InChI=1S/C27H42N6O6/c1-4-15(2)23(27(38)39)33-24(35)20(11-7-8-12-28)31-25(36)21(32-26(37)22(29)16(3)34)13-17-14-30-19-10-6-5-9-18(17)19/h5-6,9-10,14-16,20-23,30,34H,4,7-8,11-13,28-29H2,1-3H3,(H,31,36)(H,32,37)(H,33,35)(H,38,39). The van der Waals surface area contributed by atoms with Crippen LogP contribution < -0.4 is 27.4 Å². The van der Waals surface area contributed by atoms with Gasteiger partial charge in [0.25, 0.3) is 0 Å². The summed E-state index contributed by atoms with van der Waals surface area (Å²) >= 11 is 0. The number of hydrogen-bond donors (Lipinski definition) is 8. The van der Waals surface area contributed by atoms with Crippen LogP contribution in [0.4, 0.5) is 0 Å². The fourth-order valence-electron chi connectivity index (χ4n) is 4.19. The summed E-state index contributed by atoms with van der Waals surface area (Å²) in [6.07, 6.45) is 2.54. The number of unbranched alkanes of at least 4 members (excludes halogenated alkanes) is 1. The van der Waals surface area contributed by atoms with Crippen LogP contribution in [0.3, 0.4) is 0 Å². The highest BCUT2D eigenvalue weighted by Gasteiger charge is 2.32. The third kappa shape index (κ3) is 9.05. The summed E-state index contributed by atoms with van der Waals surface area (Å²) in [6, 6.07) is 2.91. The second-order valence-electron chi connectivity index (χ2n) is 9.95. The molecule has 39 heavy (non-hydrogen) atoms. The number of aliphatic carboxylic acids is 1. The molecule has 0 aliphatic rings.